The van der Waals surface area contributed by atoms with E-state index in [1.54, 1.807) is 44.2 Å². The number of rotatable bonds is 5. The molecule has 1 fully saturated rings. The van der Waals surface area contributed by atoms with Crippen molar-refractivity contribution in [2.45, 2.75) is 25.9 Å². The lowest BCUT2D eigenvalue weighted by Crippen LogP contribution is -2.40. The summed E-state index contributed by atoms with van der Waals surface area (Å²) in [4.78, 5) is 25.1. The second-order valence-corrected chi connectivity index (χ2v) is 5.74. The molecule has 1 aromatic rings. The first kappa shape index (κ1) is 17.0. The highest BCUT2D eigenvalue weighted by molar-refractivity contribution is 6.45. The quantitative estimate of drug-likeness (QED) is 0.272. The number of nitrogens with one attached hydrogen (secondary N) is 3. The molecule has 0 spiro atoms. The average Bonchev–Trinajstić information content (AvgIpc) is 2.71. The molecule has 1 heterocycles. The SMILES string of the molecule is CC1(C)NC(=O)N(Cc2ccc(N/N=C(\C#N)C(=N)N)cc2)C1=O. The summed E-state index contributed by atoms with van der Waals surface area (Å²) in [7, 11) is 0. The van der Waals surface area contributed by atoms with E-state index in [1.165, 1.54) is 0 Å². The highest BCUT2D eigenvalue weighted by Gasteiger charge is 2.43. The maximum Gasteiger partial charge on any atom is 0.325 e. The van der Waals surface area contributed by atoms with E-state index < -0.39 is 17.4 Å². The van der Waals surface area contributed by atoms with Gasteiger partial charge in [-0.1, -0.05) is 12.1 Å². The Balaban J connectivity index is 2.06. The molecule has 2 rings (SSSR count). The van der Waals surface area contributed by atoms with Gasteiger partial charge in [0.2, 0.25) is 5.71 Å². The van der Waals surface area contributed by atoms with Gasteiger partial charge in [0.05, 0.1) is 12.2 Å². The molecular weight excluding hydrogens is 310 g/mol. The number of nitrogens with two attached hydrogens (primary N) is 1. The molecule has 0 unspecified atom stereocenters. The molecule has 0 bridgehead atoms. The molecule has 1 aliphatic rings. The molecular formula is C15H17N7O2. The zero-order chi connectivity index (χ0) is 17.9. The van der Waals surface area contributed by atoms with Crippen molar-refractivity contribution >= 4 is 29.2 Å². The van der Waals surface area contributed by atoms with Gasteiger partial charge >= 0.3 is 6.03 Å². The van der Waals surface area contributed by atoms with Crippen molar-refractivity contribution in [3.05, 3.63) is 29.8 Å². The molecule has 9 heteroatoms. The van der Waals surface area contributed by atoms with E-state index in [-0.39, 0.29) is 18.2 Å². The van der Waals surface area contributed by atoms with E-state index in [0.29, 0.717) is 5.69 Å². The minimum Gasteiger partial charge on any atom is -0.382 e. The monoisotopic (exact) mass is 327 g/mol. The summed E-state index contributed by atoms with van der Waals surface area (Å²) in [6, 6.07) is 8.09. The number of amides is 3. The van der Waals surface area contributed by atoms with Crippen LogP contribution in [0.1, 0.15) is 19.4 Å². The Kier molecular flexibility index (Phi) is 4.50. The molecule has 0 radical (unpaired) electrons. The van der Waals surface area contributed by atoms with E-state index in [4.69, 9.17) is 16.4 Å². The van der Waals surface area contributed by atoms with Gasteiger partial charge in [-0.15, -0.1) is 0 Å². The molecule has 5 N–H and O–H groups in total. The fraction of sp³-hybridized carbons (Fsp3) is 0.267. The number of benzene rings is 1. The minimum absolute atomic E-state index is 0.161. The number of urea groups is 1. The standard InChI is InChI=1S/C15H17N7O2/c1-15(2)13(23)22(14(24)19-15)8-9-3-5-10(6-4-9)20-21-11(7-16)12(17)18/h3-6,20H,8H2,1-2H3,(H3,17,18)(H,19,24)/b21-11+. The first-order valence-corrected chi connectivity index (χ1v) is 7.06. The van der Waals surface area contributed by atoms with Crippen molar-refractivity contribution in [3.8, 4) is 6.07 Å². The molecule has 0 aliphatic carbocycles. The number of carbonyl (C=O) groups excluding carboxylic acids is 2. The Hall–Kier alpha value is -3.41. The number of carbonyl (C=O) groups is 2. The number of amidine groups is 1. The van der Waals surface area contributed by atoms with Crippen molar-refractivity contribution in [3.63, 3.8) is 0 Å². The van der Waals surface area contributed by atoms with Crippen molar-refractivity contribution in [2.24, 2.45) is 10.8 Å². The molecule has 0 saturated carbocycles. The number of hydrazone groups is 1. The zero-order valence-electron chi connectivity index (χ0n) is 13.3. The molecule has 124 valence electrons. The third-order valence-corrected chi connectivity index (χ3v) is 3.40. The summed E-state index contributed by atoms with van der Waals surface area (Å²) in [5, 5.41) is 22.2. The van der Waals surface area contributed by atoms with Gasteiger partial charge in [-0.2, -0.15) is 10.4 Å². The smallest absolute Gasteiger partial charge is 0.325 e. The Morgan fingerprint density at radius 1 is 1.42 bits per heavy atom. The lowest BCUT2D eigenvalue weighted by molar-refractivity contribution is -0.130. The van der Waals surface area contributed by atoms with Gasteiger partial charge in [0.1, 0.15) is 11.6 Å². The number of anilines is 1. The normalized spacial score (nSPS) is 16.5. The van der Waals surface area contributed by atoms with Gasteiger partial charge < -0.3 is 11.1 Å². The maximum absolute atomic E-state index is 12.1. The van der Waals surface area contributed by atoms with Crippen LogP contribution < -0.4 is 16.5 Å². The van der Waals surface area contributed by atoms with Crippen LogP contribution in [0.15, 0.2) is 29.4 Å². The molecule has 1 aliphatic heterocycles. The number of nitrogens with zero attached hydrogens (tertiary/aromatic N) is 3. The number of hydrogen-bond donors (Lipinski definition) is 4. The van der Waals surface area contributed by atoms with Crippen LogP contribution in [-0.4, -0.2) is 33.9 Å². The van der Waals surface area contributed by atoms with E-state index in [9.17, 15) is 9.59 Å². The van der Waals surface area contributed by atoms with Gasteiger partial charge in [0, 0.05) is 0 Å². The average molecular weight is 327 g/mol. The van der Waals surface area contributed by atoms with Crippen LogP contribution >= 0.6 is 0 Å². The van der Waals surface area contributed by atoms with Gasteiger partial charge in [-0.05, 0) is 31.5 Å². The molecule has 3 amide bonds. The molecule has 1 saturated heterocycles. The van der Waals surface area contributed by atoms with E-state index >= 15 is 0 Å². The summed E-state index contributed by atoms with van der Waals surface area (Å²) >= 11 is 0. The zero-order valence-corrected chi connectivity index (χ0v) is 13.3. The lowest BCUT2D eigenvalue weighted by Gasteiger charge is -2.16. The molecule has 1 aromatic carbocycles. The highest BCUT2D eigenvalue weighted by Crippen LogP contribution is 2.20. The Morgan fingerprint density at radius 3 is 2.50 bits per heavy atom. The predicted molar refractivity (Wildman–Crippen MR) is 88.2 cm³/mol. The van der Waals surface area contributed by atoms with E-state index in [1.807, 2.05) is 0 Å². The van der Waals surface area contributed by atoms with Crippen LogP contribution in [0.2, 0.25) is 0 Å². The van der Waals surface area contributed by atoms with Crippen molar-refractivity contribution < 1.29 is 9.59 Å². The van der Waals surface area contributed by atoms with Crippen molar-refractivity contribution in [1.82, 2.24) is 10.2 Å². The molecule has 9 nitrogen and oxygen atoms in total. The van der Waals surface area contributed by atoms with Gasteiger partial charge in [-0.25, -0.2) is 4.79 Å². The van der Waals surface area contributed by atoms with Crippen LogP contribution in [0.25, 0.3) is 0 Å². The molecule has 0 atom stereocenters. The lowest BCUT2D eigenvalue weighted by atomic mass is 10.1. The molecule has 0 aromatic heterocycles. The maximum atomic E-state index is 12.1. The summed E-state index contributed by atoms with van der Waals surface area (Å²) in [6.45, 7) is 3.47. The summed E-state index contributed by atoms with van der Waals surface area (Å²) in [6.07, 6.45) is 0. The van der Waals surface area contributed by atoms with E-state index in [2.05, 4.69) is 15.8 Å². The fourth-order valence-corrected chi connectivity index (χ4v) is 2.09. The van der Waals surface area contributed by atoms with Gasteiger partial charge in [-0.3, -0.25) is 20.5 Å². The minimum atomic E-state index is -0.895. The van der Waals surface area contributed by atoms with Crippen LogP contribution in [0.5, 0.6) is 0 Å². The van der Waals surface area contributed by atoms with Crippen molar-refractivity contribution in [1.29, 1.82) is 10.7 Å². The summed E-state index contributed by atoms with van der Waals surface area (Å²) in [5.41, 5.74) is 8.02. The Labute approximate surface area is 138 Å². The summed E-state index contributed by atoms with van der Waals surface area (Å²) in [5.74, 6) is -0.706. The predicted octanol–water partition coefficient (Wildman–Crippen LogP) is 0.744. The topological polar surface area (TPSA) is 147 Å². The summed E-state index contributed by atoms with van der Waals surface area (Å²) < 4.78 is 0. The van der Waals surface area contributed by atoms with Crippen LogP contribution in [0.3, 0.4) is 0 Å². The number of hydrogen-bond acceptors (Lipinski definition) is 6. The Morgan fingerprint density at radius 2 is 2.04 bits per heavy atom. The highest BCUT2D eigenvalue weighted by atomic mass is 16.2. The van der Waals surface area contributed by atoms with Crippen molar-refractivity contribution in [2.75, 3.05) is 5.43 Å². The second kappa shape index (κ2) is 6.37. The van der Waals surface area contributed by atoms with Gasteiger partial charge in [0.25, 0.3) is 5.91 Å². The van der Waals surface area contributed by atoms with Crippen LogP contribution in [0, 0.1) is 16.7 Å². The third-order valence-electron chi connectivity index (χ3n) is 3.40. The molecule has 24 heavy (non-hydrogen) atoms. The second-order valence-electron chi connectivity index (χ2n) is 5.74. The third kappa shape index (κ3) is 3.49. The number of imide groups is 1. The largest absolute Gasteiger partial charge is 0.382 e. The first-order chi connectivity index (χ1) is 11.2. The van der Waals surface area contributed by atoms with Gasteiger partial charge in [0.15, 0.2) is 5.84 Å². The number of nitriles is 1. The fourth-order valence-electron chi connectivity index (χ4n) is 2.09. The van der Waals surface area contributed by atoms with E-state index in [0.717, 1.165) is 10.5 Å². The van der Waals surface area contributed by atoms with Crippen LogP contribution in [0.4, 0.5) is 10.5 Å². The van der Waals surface area contributed by atoms with Crippen LogP contribution in [-0.2, 0) is 11.3 Å². The Bertz CT molecular complexity index is 759. The first-order valence-electron chi connectivity index (χ1n) is 7.06.